The summed E-state index contributed by atoms with van der Waals surface area (Å²) in [5.41, 5.74) is -6.54. The molecule has 2 rings (SSSR count). The summed E-state index contributed by atoms with van der Waals surface area (Å²) in [6, 6.07) is 5.77. The first-order valence-corrected chi connectivity index (χ1v) is 14.4. The second-order valence-electron chi connectivity index (χ2n) is 7.57. The van der Waals surface area contributed by atoms with Crippen molar-refractivity contribution in [2.45, 2.75) is 59.2 Å². The van der Waals surface area contributed by atoms with Crippen LogP contribution in [0.2, 0.25) is 0 Å². The standard InChI is InChI=1S/C20H24N2O12S3/c1-11(23)36(29,30)15-5-7-19(17(9-15)21(25)26)33-13(3)35-14(4)34-20-8-6-16(10-18(20)22(27)28)37(31,32)12(2)24/h5-14,23-24H,1-4H3. The number of aliphatic hydroxyl groups is 2. The first-order valence-electron chi connectivity index (χ1n) is 10.4. The number of nitrogens with zero attached hydrogens (tertiary/aromatic N) is 2. The zero-order valence-electron chi connectivity index (χ0n) is 19.9. The number of benzene rings is 2. The van der Waals surface area contributed by atoms with Gasteiger partial charge in [-0.05, 0) is 52.0 Å². The van der Waals surface area contributed by atoms with E-state index in [2.05, 4.69) is 0 Å². The zero-order valence-corrected chi connectivity index (χ0v) is 22.3. The molecule has 14 nitrogen and oxygen atoms in total. The van der Waals surface area contributed by atoms with Gasteiger partial charge in [0.1, 0.15) is 10.9 Å². The van der Waals surface area contributed by atoms with E-state index in [-0.39, 0.29) is 11.5 Å². The van der Waals surface area contributed by atoms with E-state index in [0.29, 0.717) is 0 Å². The van der Waals surface area contributed by atoms with Gasteiger partial charge in [-0.25, -0.2) is 16.8 Å². The van der Waals surface area contributed by atoms with Gasteiger partial charge in [-0.3, -0.25) is 20.2 Å². The van der Waals surface area contributed by atoms with Gasteiger partial charge in [0.05, 0.1) is 19.6 Å². The van der Waals surface area contributed by atoms with E-state index >= 15 is 0 Å². The lowest BCUT2D eigenvalue weighted by atomic mass is 10.3. The van der Waals surface area contributed by atoms with Crippen molar-refractivity contribution in [2.24, 2.45) is 0 Å². The Labute approximate surface area is 216 Å². The van der Waals surface area contributed by atoms with Crippen LogP contribution in [0.15, 0.2) is 46.2 Å². The number of hydrogen-bond acceptors (Lipinski definition) is 13. The van der Waals surface area contributed by atoms with Crippen LogP contribution < -0.4 is 9.47 Å². The number of sulfone groups is 2. The van der Waals surface area contributed by atoms with Crippen LogP contribution in [-0.2, 0) is 19.7 Å². The summed E-state index contributed by atoms with van der Waals surface area (Å²) < 4.78 is 59.6. The van der Waals surface area contributed by atoms with Gasteiger partial charge in [0, 0.05) is 12.1 Å². The van der Waals surface area contributed by atoms with Gasteiger partial charge < -0.3 is 19.7 Å². The highest BCUT2D eigenvalue weighted by atomic mass is 32.2. The molecule has 17 heteroatoms. The Kier molecular flexibility index (Phi) is 9.48. The maximum absolute atomic E-state index is 12.1. The first kappa shape index (κ1) is 30.2. The maximum atomic E-state index is 12.1. The van der Waals surface area contributed by atoms with Crippen LogP contribution in [0.5, 0.6) is 11.5 Å². The van der Waals surface area contributed by atoms with Crippen LogP contribution in [0.25, 0.3) is 0 Å². The lowest BCUT2D eigenvalue weighted by molar-refractivity contribution is -0.386. The van der Waals surface area contributed by atoms with E-state index in [1.54, 1.807) is 0 Å². The molecule has 0 amide bonds. The molecule has 0 bridgehead atoms. The van der Waals surface area contributed by atoms with Crippen molar-refractivity contribution in [1.82, 2.24) is 0 Å². The second kappa shape index (κ2) is 11.6. The third-order valence-corrected chi connectivity index (χ3v) is 9.36. The number of thioether (sulfide) groups is 1. The first-order chi connectivity index (χ1) is 17.0. The molecule has 0 fully saturated rings. The predicted molar refractivity (Wildman–Crippen MR) is 132 cm³/mol. The van der Waals surface area contributed by atoms with E-state index in [1.165, 1.54) is 13.8 Å². The highest BCUT2D eigenvalue weighted by Crippen LogP contribution is 2.36. The minimum atomic E-state index is -4.20. The molecule has 0 heterocycles. The average molecular weight is 581 g/mol. The van der Waals surface area contributed by atoms with Gasteiger partial charge in [0.15, 0.2) is 22.4 Å². The SMILES string of the molecule is CC(Oc1ccc(S(=O)(=O)C(C)O)cc1[N+](=O)[O-])SC(C)Oc1ccc(S(=O)(=O)C(C)O)cc1[N+](=O)[O-]. The highest BCUT2D eigenvalue weighted by Gasteiger charge is 2.29. The minimum Gasteiger partial charge on any atom is -0.473 e. The molecular weight excluding hydrogens is 556 g/mol. The Morgan fingerprint density at radius 1 is 0.730 bits per heavy atom. The Morgan fingerprint density at radius 3 is 1.32 bits per heavy atom. The molecule has 0 aliphatic rings. The van der Waals surface area contributed by atoms with Gasteiger partial charge in [0.25, 0.3) is 0 Å². The van der Waals surface area contributed by atoms with Crippen molar-refractivity contribution in [3.63, 3.8) is 0 Å². The van der Waals surface area contributed by atoms with Crippen LogP contribution >= 0.6 is 11.8 Å². The molecule has 37 heavy (non-hydrogen) atoms. The Bertz CT molecular complexity index is 1290. The van der Waals surface area contributed by atoms with Gasteiger partial charge >= 0.3 is 11.4 Å². The van der Waals surface area contributed by atoms with Gasteiger partial charge in [-0.15, -0.1) is 0 Å². The minimum absolute atomic E-state index is 0.264. The van der Waals surface area contributed by atoms with E-state index < -0.39 is 72.4 Å². The predicted octanol–water partition coefficient (Wildman–Crippen LogP) is 2.61. The maximum Gasteiger partial charge on any atom is 0.312 e. The summed E-state index contributed by atoms with van der Waals surface area (Å²) in [6.07, 6.45) is 0. The number of nitro groups is 2. The molecule has 4 atom stereocenters. The largest absolute Gasteiger partial charge is 0.473 e. The van der Waals surface area contributed by atoms with Crippen molar-refractivity contribution in [2.75, 3.05) is 0 Å². The summed E-state index contributed by atoms with van der Waals surface area (Å²) in [6.45, 7) is 5.02. The number of hydrogen-bond donors (Lipinski definition) is 2. The van der Waals surface area contributed by atoms with Gasteiger partial charge in [-0.1, -0.05) is 11.8 Å². The topological polar surface area (TPSA) is 213 Å². The molecule has 0 aliphatic carbocycles. The number of ether oxygens (including phenoxy) is 2. The van der Waals surface area contributed by atoms with Crippen LogP contribution in [0.4, 0.5) is 11.4 Å². The van der Waals surface area contributed by atoms with Crippen molar-refractivity contribution < 1.29 is 46.4 Å². The second-order valence-corrected chi connectivity index (χ2v) is 13.7. The van der Waals surface area contributed by atoms with Crippen molar-refractivity contribution in [1.29, 1.82) is 0 Å². The number of rotatable bonds is 12. The Morgan fingerprint density at radius 2 is 1.05 bits per heavy atom. The molecule has 0 aromatic heterocycles. The molecule has 2 aromatic carbocycles. The third-order valence-electron chi connectivity index (χ3n) is 4.78. The molecule has 0 radical (unpaired) electrons. The van der Waals surface area contributed by atoms with E-state index in [9.17, 15) is 47.3 Å². The summed E-state index contributed by atoms with van der Waals surface area (Å²) in [4.78, 5) is 20.3. The van der Waals surface area contributed by atoms with E-state index in [1.807, 2.05) is 0 Å². The van der Waals surface area contributed by atoms with Gasteiger partial charge in [-0.2, -0.15) is 0 Å². The molecule has 0 saturated carbocycles. The fraction of sp³-hybridized carbons (Fsp3) is 0.400. The van der Waals surface area contributed by atoms with E-state index in [0.717, 1.165) is 62.0 Å². The number of nitro benzene ring substituents is 2. The number of aliphatic hydroxyl groups excluding tert-OH is 2. The molecule has 0 saturated heterocycles. The molecule has 4 unspecified atom stereocenters. The third kappa shape index (κ3) is 7.07. The monoisotopic (exact) mass is 580 g/mol. The lowest BCUT2D eigenvalue weighted by Gasteiger charge is -2.20. The Balaban J connectivity index is 2.22. The highest BCUT2D eigenvalue weighted by molar-refractivity contribution is 8.00. The van der Waals surface area contributed by atoms with Gasteiger partial charge in [0.2, 0.25) is 19.7 Å². The van der Waals surface area contributed by atoms with Crippen LogP contribution in [0.3, 0.4) is 0 Å². The fourth-order valence-corrected chi connectivity index (χ4v) is 5.62. The molecule has 0 spiro atoms. The van der Waals surface area contributed by atoms with E-state index in [4.69, 9.17) is 9.47 Å². The summed E-state index contributed by atoms with van der Waals surface area (Å²) >= 11 is 0.953. The quantitative estimate of drug-likeness (QED) is 0.210. The molecule has 2 N–H and O–H groups in total. The lowest BCUT2D eigenvalue weighted by Crippen LogP contribution is -2.19. The zero-order chi connectivity index (χ0) is 28.3. The molecule has 204 valence electrons. The van der Waals surface area contributed by atoms with Crippen molar-refractivity contribution >= 4 is 42.8 Å². The van der Waals surface area contributed by atoms with Crippen LogP contribution in [0, 0.1) is 20.2 Å². The summed E-state index contributed by atoms with van der Waals surface area (Å²) in [5.74, 6) is -0.527. The molecule has 2 aromatic rings. The molecular formula is C20H24N2O12S3. The smallest absolute Gasteiger partial charge is 0.312 e. The Hall–Kier alpha value is -2.99. The summed E-state index contributed by atoms with van der Waals surface area (Å²) in [7, 11) is -8.39. The van der Waals surface area contributed by atoms with Crippen molar-refractivity contribution in [3.8, 4) is 11.5 Å². The molecule has 0 aliphatic heterocycles. The van der Waals surface area contributed by atoms with Crippen LogP contribution in [0.1, 0.15) is 27.7 Å². The summed E-state index contributed by atoms with van der Waals surface area (Å²) in [5, 5.41) is 41.8. The average Bonchev–Trinajstić information content (AvgIpc) is 2.78. The van der Waals surface area contributed by atoms with Crippen LogP contribution in [-0.4, -0.2) is 58.6 Å². The fourth-order valence-electron chi connectivity index (χ4n) is 2.91. The van der Waals surface area contributed by atoms with Crippen molar-refractivity contribution in [3.05, 3.63) is 56.6 Å². The normalized spacial score (nSPS) is 15.3.